The summed E-state index contributed by atoms with van der Waals surface area (Å²) in [4.78, 5) is -0.280. The van der Waals surface area contributed by atoms with Crippen molar-refractivity contribution in [2.45, 2.75) is 36.1 Å². The molecular formula is C13H19FN2O2S. The van der Waals surface area contributed by atoms with Gasteiger partial charge >= 0.3 is 0 Å². The summed E-state index contributed by atoms with van der Waals surface area (Å²) in [6.07, 6.45) is 3.37. The third kappa shape index (κ3) is 2.40. The molecule has 1 aromatic carbocycles. The maximum absolute atomic E-state index is 13.7. The minimum atomic E-state index is -3.85. The quantitative estimate of drug-likeness (QED) is 0.916. The molecule has 19 heavy (non-hydrogen) atoms. The van der Waals surface area contributed by atoms with Gasteiger partial charge in [-0.05, 0) is 25.0 Å². The molecule has 2 N–H and O–H groups in total. The largest absolute Gasteiger partial charge is 0.329 e. The van der Waals surface area contributed by atoms with Crippen molar-refractivity contribution in [1.29, 1.82) is 0 Å². The van der Waals surface area contributed by atoms with Gasteiger partial charge in [-0.2, -0.15) is 4.31 Å². The van der Waals surface area contributed by atoms with Crippen molar-refractivity contribution < 1.29 is 12.8 Å². The van der Waals surface area contributed by atoms with Crippen molar-refractivity contribution in [3.8, 4) is 0 Å². The van der Waals surface area contributed by atoms with Gasteiger partial charge in [0, 0.05) is 19.1 Å². The van der Waals surface area contributed by atoms with Crippen LogP contribution in [0.5, 0.6) is 0 Å². The second kappa shape index (κ2) is 5.19. The Labute approximate surface area is 113 Å². The Morgan fingerprint density at radius 2 is 1.89 bits per heavy atom. The van der Waals surface area contributed by atoms with Crippen LogP contribution in [0.15, 0.2) is 29.2 Å². The average molecular weight is 286 g/mol. The molecule has 0 radical (unpaired) electrons. The molecule has 1 saturated carbocycles. The van der Waals surface area contributed by atoms with Crippen molar-refractivity contribution in [3.05, 3.63) is 30.1 Å². The lowest BCUT2D eigenvalue weighted by Gasteiger charge is -2.36. The van der Waals surface area contributed by atoms with Crippen LogP contribution in [0.1, 0.15) is 25.7 Å². The highest BCUT2D eigenvalue weighted by Crippen LogP contribution is 2.37. The van der Waals surface area contributed by atoms with E-state index in [9.17, 15) is 12.8 Å². The van der Waals surface area contributed by atoms with E-state index >= 15 is 0 Å². The van der Waals surface area contributed by atoms with Crippen LogP contribution in [0.2, 0.25) is 0 Å². The van der Waals surface area contributed by atoms with E-state index in [0.717, 1.165) is 31.7 Å². The van der Waals surface area contributed by atoms with Crippen molar-refractivity contribution in [1.82, 2.24) is 4.31 Å². The zero-order chi connectivity index (χ0) is 14.1. The zero-order valence-electron chi connectivity index (χ0n) is 11.0. The number of likely N-dealkylation sites (N-methyl/N-ethyl adjacent to an activating group) is 1. The first kappa shape index (κ1) is 14.4. The first-order valence-corrected chi connectivity index (χ1v) is 7.82. The fourth-order valence-electron chi connectivity index (χ4n) is 2.74. The SMILES string of the molecule is CN(C1(CN)CCCC1)S(=O)(=O)c1ccccc1F. The minimum Gasteiger partial charge on any atom is -0.329 e. The molecule has 0 heterocycles. The molecule has 0 aromatic heterocycles. The third-order valence-electron chi connectivity index (χ3n) is 4.06. The second-order valence-electron chi connectivity index (χ2n) is 5.04. The maximum Gasteiger partial charge on any atom is 0.246 e. The number of hydrogen-bond acceptors (Lipinski definition) is 3. The lowest BCUT2D eigenvalue weighted by Crippen LogP contribution is -2.52. The number of benzene rings is 1. The molecule has 1 aliphatic carbocycles. The van der Waals surface area contributed by atoms with Gasteiger partial charge in [-0.25, -0.2) is 12.8 Å². The van der Waals surface area contributed by atoms with Crippen LogP contribution in [-0.2, 0) is 10.0 Å². The predicted octanol–water partition coefficient (Wildman–Crippen LogP) is 1.72. The van der Waals surface area contributed by atoms with Crippen LogP contribution in [0, 0.1) is 5.82 Å². The molecule has 0 unspecified atom stereocenters. The molecule has 4 nitrogen and oxygen atoms in total. The average Bonchev–Trinajstić information content (AvgIpc) is 2.88. The summed E-state index contributed by atoms with van der Waals surface area (Å²) in [6, 6.07) is 5.45. The Morgan fingerprint density at radius 1 is 1.32 bits per heavy atom. The van der Waals surface area contributed by atoms with E-state index in [4.69, 9.17) is 5.73 Å². The monoisotopic (exact) mass is 286 g/mol. The van der Waals surface area contributed by atoms with E-state index in [1.807, 2.05) is 0 Å². The van der Waals surface area contributed by atoms with E-state index < -0.39 is 21.4 Å². The molecule has 0 atom stereocenters. The van der Waals surface area contributed by atoms with Gasteiger partial charge < -0.3 is 5.73 Å². The van der Waals surface area contributed by atoms with Crippen LogP contribution in [0.3, 0.4) is 0 Å². The molecule has 1 aromatic rings. The second-order valence-corrected chi connectivity index (χ2v) is 6.98. The topological polar surface area (TPSA) is 63.4 Å². The minimum absolute atomic E-state index is 0.261. The highest BCUT2D eigenvalue weighted by atomic mass is 32.2. The standard InChI is InChI=1S/C13H19FN2O2S/c1-16(13(10-15)8-4-5-9-13)19(17,18)12-7-3-2-6-11(12)14/h2-3,6-7H,4-5,8-10,15H2,1H3. The Balaban J connectivity index is 2.42. The van der Waals surface area contributed by atoms with Gasteiger partial charge in [0.2, 0.25) is 10.0 Å². The molecule has 0 aliphatic heterocycles. The molecule has 106 valence electrons. The maximum atomic E-state index is 13.7. The van der Waals surface area contributed by atoms with E-state index in [0.29, 0.717) is 0 Å². The molecule has 6 heteroatoms. The van der Waals surface area contributed by atoms with Crippen molar-refractivity contribution in [2.24, 2.45) is 5.73 Å². The van der Waals surface area contributed by atoms with Crippen LogP contribution >= 0.6 is 0 Å². The van der Waals surface area contributed by atoms with Gasteiger partial charge in [0.15, 0.2) is 0 Å². The van der Waals surface area contributed by atoms with Crippen LogP contribution in [0.4, 0.5) is 4.39 Å². The van der Waals surface area contributed by atoms with Gasteiger partial charge in [-0.3, -0.25) is 0 Å². The molecule has 0 spiro atoms. The summed E-state index contributed by atoms with van der Waals surface area (Å²) in [6.45, 7) is 0.261. The summed E-state index contributed by atoms with van der Waals surface area (Å²) in [7, 11) is -2.35. The normalized spacial score (nSPS) is 18.9. The third-order valence-corrected chi connectivity index (χ3v) is 6.05. The number of hydrogen-bond donors (Lipinski definition) is 1. The van der Waals surface area contributed by atoms with Gasteiger partial charge in [-0.1, -0.05) is 25.0 Å². The van der Waals surface area contributed by atoms with Crippen molar-refractivity contribution >= 4 is 10.0 Å². The van der Waals surface area contributed by atoms with E-state index in [2.05, 4.69) is 0 Å². The highest BCUT2D eigenvalue weighted by molar-refractivity contribution is 7.89. The van der Waals surface area contributed by atoms with Gasteiger partial charge in [0.1, 0.15) is 10.7 Å². The Morgan fingerprint density at radius 3 is 2.42 bits per heavy atom. The summed E-state index contributed by atoms with van der Waals surface area (Å²) >= 11 is 0. The summed E-state index contributed by atoms with van der Waals surface area (Å²) in [5, 5.41) is 0. The van der Waals surface area contributed by atoms with Crippen LogP contribution < -0.4 is 5.73 Å². The number of sulfonamides is 1. The molecule has 1 aliphatic rings. The molecule has 0 bridgehead atoms. The van der Waals surface area contributed by atoms with Gasteiger partial charge in [0.25, 0.3) is 0 Å². The Kier molecular flexibility index (Phi) is 3.94. The molecular weight excluding hydrogens is 267 g/mol. The predicted molar refractivity (Wildman–Crippen MR) is 71.6 cm³/mol. The fraction of sp³-hybridized carbons (Fsp3) is 0.538. The molecule has 1 fully saturated rings. The number of nitrogens with two attached hydrogens (primary N) is 1. The molecule has 0 saturated heterocycles. The van der Waals surface area contributed by atoms with Gasteiger partial charge in [0.05, 0.1) is 0 Å². The Bertz CT molecular complexity index is 554. The van der Waals surface area contributed by atoms with Crippen molar-refractivity contribution in [2.75, 3.05) is 13.6 Å². The van der Waals surface area contributed by atoms with Crippen LogP contribution in [0.25, 0.3) is 0 Å². The van der Waals surface area contributed by atoms with E-state index in [1.165, 1.54) is 29.6 Å². The lowest BCUT2D eigenvalue weighted by atomic mass is 9.98. The van der Waals surface area contributed by atoms with Crippen LogP contribution in [-0.4, -0.2) is 31.9 Å². The number of nitrogens with zero attached hydrogens (tertiary/aromatic N) is 1. The summed E-state index contributed by atoms with van der Waals surface area (Å²) in [5.74, 6) is -0.723. The number of halogens is 1. The summed E-state index contributed by atoms with van der Waals surface area (Å²) in [5.41, 5.74) is 5.21. The molecule has 2 rings (SSSR count). The first-order valence-electron chi connectivity index (χ1n) is 6.38. The Hall–Kier alpha value is -0.980. The van der Waals surface area contributed by atoms with Gasteiger partial charge in [-0.15, -0.1) is 0 Å². The highest BCUT2D eigenvalue weighted by Gasteiger charge is 2.43. The van der Waals surface area contributed by atoms with E-state index in [-0.39, 0.29) is 11.4 Å². The number of rotatable bonds is 4. The lowest BCUT2D eigenvalue weighted by molar-refractivity contribution is 0.230. The molecule has 0 amide bonds. The van der Waals surface area contributed by atoms with E-state index in [1.54, 1.807) is 0 Å². The fourth-order valence-corrected chi connectivity index (χ4v) is 4.36. The zero-order valence-corrected chi connectivity index (χ0v) is 11.8. The first-order chi connectivity index (χ1) is 8.94. The smallest absolute Gasteiger partial charge is 0.246 e. The van der Waals surface area contributed by atoms with Crippen molar-refractivity contribution in [3.63, 3.8) is 0 Å². The summed E-state index contributed by atoms with van der Waals surface area (Å²) < 4.78 is 40.1.